The molecule has 3 atom stereocenters. The normalized spacial score (nSPS) is 40.9. The van der Waals surface area contributed by atoms with Gasteiger partial charge < -0.3 is 10.6 Å². The van der Waals surface area contributed by atoms with Crippen LogP contribution in [0.1, 0.15) is 32.1 Å². The Morgan fingerprint density at radius 3 is 3.00 bits per heavy atom. The maximum absolute atomic E-state index is 11.5. The Labute approximate surface area is 83.2 Å². The van der Waals surface area contributed by atoms with Crippen molar-refractivity contribution in [2.75, 3.05) is 0 Å². The second-order valence-electron chi connectivity index (χ2n) is 4.58. The lowest BCUT2D eigenvalue weighted by atomic mass is 9.84. The summed E-state index contributed by atoms with van der Waals surface area (Å²) in [6.07, 6.45) is 6.01. The molecule has 14 heavy (non-hydrogen) atoms. The van der Waals surface area contributed by atoms with E-state index in [1.165, 1.54) is 25.7 Å². The van der Waals surface area contributed by atoms with Crippen molar-refractivity contribution in [2.45, 2.75) is 44.2 Å². The molecule has 3 unspecified atom stereocenters. The molecular formula is C10H15N3O. The average Bonchev–Trinajstić information content (AvgIpc) is 2.66. The molecule has 0 aromatic rings. The van der Waals surface area contributed by atoms with E-state index in [1.807, 2.05) is 0 Å². The molecule has 0 radical (unpaired) electrons. The van der Waals surface area contributed by atoms with E-state index in [1.54, 1.807) is 0 Å². The summed E-state index contributed by atoms with van der Waals surface area (Å²) in [6, 6.07) is 0.493. The fourth-order valence-corrected chi connectivity index (χ4v) is 3.26. The molecule has 0 spiro atoms. The first-order valence-corrected chi connectivity index (χ1v) is 5.44. The highest BCUT2D eigenvalue weighted by Gasteiger charge is 2.49. The maximum Gasteiger partial charge on any atom is 0.271 e. The Bertz CT molecular complexity index is 312. The molecule has 1 amide bonds. The molecule has 3 rings (SSSR count). The molecule has 0 aromatic carbocycles. The van der Waals surface area contributed by atoms with Crippen LogP contribution in [-0.4, -0.2) is 28.9 Å². The summed E-state index contributed by atoms with van der Waals surface area (Å²) in [5.74, 6) is 1.14. The highest BCUT2D eigenvalue weighted by molar-refractivity contribution is 6.02. The van der Waals surface area contributed by atoms with E-state index < -0.39 is 0 Å². The molecule has 4 heteroatoms. The zero-order valence-corrected chi connectivity index (χ0v) is 8.15. The van der Waals surface area contributed by atoms with E-state index in [0.717, 1.165) is 6.42 Å². The summed E-state index contributed by atoms with van der Waals surface area (Å²) >= 11 is 0. The Hall–Kier alpha value is -1.06. The van der Waals surface area contributed by atoms with Gasteiger partial charge in [-0.25, -0.2) is 0 Å². The summed E-state index contributed by atoms with van der Waals surface area (Å²) in [7, 11) is 0. The van der Waals surface area contributed by atoms with Gasteiger partial charge in [0.05, 0.1) is 0 Å². The minimum absolute atomic E-state index is 0.0110. The number of guanidine groups is 1. The molecule has 76 valence electrons. The van der Waals surface area contributed by atoms with Crippen LogP contribution in [0.15, 0.2) is 4.99 Å². The monoisotopic (exact) mass is 193 g/mol. The van der Waals surface area contributed by atoms with Crippen molar-refractivity contribution < 1.29 is 4.79 Å². The second-order valence-corrected chi connectivity index (χ2v) is 4.58. The number of rotatable bonds is 0. The van der Waals surface area contributed by atoms with E-state index in [2.05, 4.69) is 9.89 Å². The van der Waals surface area contributed by atoms with Crippen molar-refractivity contribution >= 4 is 11.9 Å². The van der Waals surface area contributed by atoms with Crippen molar-refractivity contribution in [1.29, 1.82) is 0 Å². The minimum Gasteiger partial charge on any atom is -0.369 e. The summed E-state index contributed by atoms with van der Waals surface area (Å²) < 4.78 is 0. The molecule has 2 fully saturated rings. The number of carbonyl (C=O) groups is 1. The Balaban J connectivity index is 1.91. The average molecular weight is 193 g/mol. The van der Waals surface area contributed by atoms with Gasteiger partial charge in [-0.2, -0.15) is 4.99 Å². The third-order valence-electron chi connectivity index (χ3n) is 3.86. The van der Waals surface area contributed by atoms with Gasteiger partial charge >= 0.3 is 0 Å². The van der Waals surface area contributed by atoms with Crippen molar-refractivity contribution in [1.82, 2.24) is 4.90 Å². The van der Waals surface area contributed by atoms with E-state index in [-0.39, 0.29) is 11.9 Å². The first-order valence-electron chi connectivity index (χ1n) is 5.44. The highest BCUT2D eigenvalue weighted by atomic mass is 16.2. The van der Waals surface area contributed by atoms with Crippen LogP contribution in [-0.2, 0) is 4.79 Å². The van der Waals surface area contributed by atoms with Gasteiger partial charge in [-0.05, 0) is 25.2 Å². The predicted molar refractivity (Wildman–Crippen MR) is 52.6 cm³/mol. The largest absolute Gasteiger partial charge is 0.369 e. The van der Waals surface area contributed by atoms with Gasteiger partial charge in [0, 0.05) is 6.04 Å². The smallest absolute Gasteiger partial charge is 0.271 e. The molecule has 4 nitrogen and oxygen atoms in total. The van der Waals surface area contributed by atoms with E-state index in [0.29, 0.717) is 17.9 Å². The zero-order chi connectivity index (χ0) is 9.71. The van der Waals surface area contributed by atoms with Crippen molar-refractivity contribution in [3.05, 3.63) is 0 Å². The molecule has 2 N–H and O–H groups in total. The van der Waals surface area contributed by atoms with Gasteiger partial charge in [-0.3, -0.25) is 4.79 Å². The lowest BCUT2D eigenvalue weighted by molar-refractivity contribution is -0.119. The SMILES string of the molecule is NC1=NC(=O)C2CC3CCCCC3N12. The number of amides is 1. The van der Waals surface area contributed by atoms with E-state index in [9.17, 15) is 4.79 Å². The Morgan fingerprint density at radius 1 is 1.36 bits per heavy atom. The number of hydrogen-bond acceptors (Lipinski definition) is 3. The van der Waals surface area contributed by atoms with Crippen LogP contribution < -0.4 is 5.73 Å². The lowest BCUT2D eigenvalue weighted by Gasteiger charge is -2.31. The zero-order valence-electron chi connectivity index (χ0n) is 8.15. The number of hydrogen-bond donors (Lipinski definition) is 1. The van der Waals surface area contributed by atoms with Crippen LogP contribution in [0.2, 0.25) is 0 Å². The van der Waals surface area contributed by atoms with Gasteiger partial charge in [-0.15, -0.1) is 0 Å². The van der Waals surface area contributed by atoms with Crippen molar-refractivity contribution in [3.63, 3.8) is 0 Å². The van der Waals surface area contributed by atoms with Crippen molar-refractivity contribution in [2.24, 2.45) is 16.6 Å². The lowest BCUT2D eigenvalue weighted by Crippen LogP contribution is -2.44. The quantitative estimate of drug-likeness (QED) is 0.608. The van der Waals surface area contributed by atoms with E-state index in [4.69, 9.17) is 5.73 Å². The molecular weight excluding hydrogens is 178 g/mol. The molecule has 1 saturated heterocycles. The molecule has 0 aromatic heterocycles. The summed E-state index contributed by atoms with van der Waals surface area (Å²) in [5, 5.41) is 0. The number of nitrogens with zero attached hydrogens (tertiary/aromatic N) is 2. The van der Waals surface area contributed by atoms with Gasteiger partial charge in [-0.1, -0.05) is 12.8 Å². The number of nitrogens with two attached hydrogens (primary N) is 1. The second kappa shape index (κ2) is 2.72. The van der Waals surface area contributed by atoms with Gasteiger partial charge in [0.25, 0.3) is 5.91 Å². The van der Waals surface area contributed by atoms with Crippen LogP contribution in [0.25, 0.3) is 0 Å². The third-order valence-corrected chi connectivity index (χ3v) is 3.86. The maximum atomic E-state index is 11.5. The first kappa shape index (κ1) is 8.26. The van der Waals surface area contributed by atoms with Crippen LogP contribution in [0.5, 0.6) is 0 Å². The molecule has 2 aliphatic heterocycles. The summed E-state index contributed by atoms with van der Waals surface area (Å²) in [6.45, 7) is 0. The fourth-order valence-electron chi connectivity index (χ4n) is 3.26. The number of aliphatic imine (C=N–C) groups is 1. The molecule has 3 aliphatic rings. The topological polar surface area (TPSA) is 58.7 Å². The molecule has 1 aliphatic carbocycles. The minimum atomic E-state index is -0.0168. The van der Waals surface area contributed by atoms with Gasteiger partial charge in [0.2, 0.25) is 0 Å². The molecule has 2 heterocycles. The standard InChI is InChI=1S/C10H15N3O/c11-10-12-9(14)8-5-6-3-1-2-4-7(6)13(8)10/h6-8H,1-5H2,(H2,11,12,14). The molecule has 0 bridgehead atoms. The third kappa shape index (κ3) is 0.938. The van der Waals surface area contributed by atoms with Gasteiger partial charge in [0.1, 0.15) is 6.04 Å². The van der Waals surface area contributed by atoms with Crippen LogP contribution in [0.3, 0.4) is 0 Å². The van der Waals surface area contributed by atoms with Crippen LogP contribution >= 0.6 is 0 Å². The number of carbonyl (C=O) groups excluding carboxylic acids is 1. The number of fused-ring (bicyclic) bond motifs is 3. The predicted octanol–water partition coefficient (Wildman–Crippen LogP) is 0.474. The van der Waals surface area contributed by atoms with E-state index >= 15 is 0 Å². The van der Waals surface area contributed by atoms with Crippen molar-refractivity contribution in [3.8, 4) is 0 Å². The highest BCUT2D eigenvalue weighted by Crippen LogP contribution is 2.41. The van der Waals surface area contributed by atoms with Gasteiger partial charge in [0.15, 0.2) is 5.96 Å². The van der Waals surface area contributed by atoms with Crippen LogP contribution in [0.4, 0.5) is 0 Å². The molecule has 1 saturated carbocycles. The summed E-state index contributed by atoms with van der Waals surface area (Å²) in [4.78, 5) is 17.4. The summed E-state index contributed by atoms with van der Waals surface area (Å²) in [5.41, 5.74) is 5.77. The Morgan fingerprint density at radius 2 is 2.14 bits per heavy atom. The fraction of sp³-hybridized carbons (Fsp3) is 0.800. The first-order chi connectivity index (χ1) is 6.77. The van der Waals surface area contributed by atoms with Crippen LogP contribution in [0, 0.1) is 5.92 Å². The Kier molecular flexibility index (Phi) is 1.60.